The van der Waals surface area contributed by atoms with Gasteiger partial charge in [-0.1, -0.05) is 13.8 Å². The van der Waals surface area contributed by atoms with Crippen molar-refractivity contribution in [2.45, 2.75) is 130 Å². The quantitative estimate of drug-likeness (QED) is 0.199. The summed E-state index contributed by atoms with van der Waals surface area (Å²) < 4.78 is 28.2. The van der Waals surface area contributed by atoms with Crippen LogP contribution in [-0.2, 0) is 9.47 Å². The Labute approximate surface area is 372 Å². The molecule has 4 fully saturated rings. The molecule has 2 aromatic carbocycles. The maximum absolute atomic E-state index is 12.5. The van der Waals surface area contributed by atoms with E-state index in [0.717, 1.165) is 120 Å². The molecule has 2 amide bonds. The van der Waals surface area contributed by atoms with Gasteiger partial charge in [-0.2, -0.15) is 10.2 Å². The lowest BCUT2D eigenvalue weighted by Gasteiger charge is -2.41. The molecule has 0 unspecified atom stereocenters. The lowest BCUT2D eigenvalue weighted by atomic mass is 9.67. The molecule has 2 aromatic heterocycles. The summed E-state index contributed by atoms with van der Waals surface area (Å²) in [4.78, 5) is 28.8. The Balaban J connectivity index is 0.000000181. The van der Waals surface area contributed by atoms with Gasteiger partial charge in [-0.3, -0.25) is 9.36 Å². The number of ether oxygens (including phenoxy) is 4. The fourth-order valence-electron chi connectivity index (χ4n) is 10.4. The molecule has 0 bridgehead atoms. The zero-order chi connectivity index (χ0) is 43.4. The number of carbonyl (C=O) groups excluding carboxylic acids is 2. The van der Waals surface area contributed by atoms with Crippen molar-refractivity contribution in [2.75, 3.05) is 40.4 Å². The predicted molar refractivity (Wildman–Crippen MR) is 242 cm³/mol. The highest BCUT2D eigenvalue weighted by Crippen LogP contribution is 2.51. The molecule has 2 aliphatic heterocycles. The Morgan fingerprint density at radius 2 is 1.03 bits per heavy atom. The third-order valence-electron chi connectivity index (χ3n) is 13.2. The molecule has 14 heteroatoms. The van der Waals surface area contributed by atoms with Crippen molar-refractivity contribution in [2.24, 2.45) is 22.7 Å². The Morgan fingerprint density at radius 1 is 0.650 bits per heavy atom. The highest BCUT2D eigenvalue weighted by Gasteiger charge is 2.47. The maximum Gasteiger partial charge on any atom is 0.410 e. The summed E-state index contributed by atoms with van der Waals surface area (Å²) in [5.41, 5.74) is 1.45. The van der Waals surface area contributed by atoms with Gasteiger partial charge in [0.1, 0.15) is 22.7 Å². The third-order valence-corrected chi connectivity index (χ3v) is 14.5. The minimum absolute atomic E-state index is 0.174. The molecule has 2 aliphatic carbocycles. The van der Waals surface area contributed by atoms with Gasteiger partial charge in [0, 0.05) is 61.5 Å². The normalized spacial score (nSPS) is 27.1. The van der Waals surface area contributed by atoms with Crippen LogP contribution in [0.3, 0.4) is 0 Å². The predicted octanol–water partition coefficient (Wildman–Crippen LogP) is 11.6. The summed E-state index contributed by atoms with van der Waals surface area (Å²) in [6.45, 7) is 19.4. The smallest absolute Gasteiger partial charge is 0.410 e. The SMILES string of the molecule is COc1cc2nn([C@@H]3CC[C@]4(CCN(C(=O)OC(C)(C)C)C4)C[C@H]3C)cc2cc1Br.COc1cc2nn([C@H]3CC[C@]4(CCN(C(=O)OC(C)(C)C)C4)C[C@@H]3C)cc2cc1Br. The molecule has 0 radical (unpaired) electrons. The van der Waals surface area contributed by atoms with E-state index in [1.165, 1.54) is 0 Å². The van der Waals surface area contributed by atoms with E-state index in [0.29, 0.717) is 23.9 Å². The number of rotatable bonds is 4. The fourth-order valence-corrected chi connectivity index (χ4v) is 11.5. The molecule has 328 valence electrons. The van der Waals surface area contributed by atoms with Crippen molar-refractivity contribution < 1.29 is 28.5 Å². The van der Waals surface area contributed by atoms with Crippen molar-refractivity contribution in [3.63, 3.8) is 0 Å². The van der Waals surface area contributed by atoms with E-state index < -0.39 is 11.2 Å². The van der Waals surface area contributed by atoms with Crippen LogP contribution in [0, 0.1) is 22.7 Å². The van der Waals surface area contributed by atoms with Gasteiger partial charge < -0.3 is 28.7 Å². The monoisotopic (exact) mass is 954 g/mol. The zero-order valence-electron chi connectivity index (χ0n) is 37.1. The summed E-state index contributed by atoms with van der Waals surface area (Å²) in [7, 11) is 3.35. The lowest BCUT2D eigenvalue weighted by molar-refractivity contribution is 0.0231. The second-order valence-corrected chi connectivity index (χ2v) is 21.9. The summed E-state index contributed by atoms with van der Waals surface area (Å²) in [6, 6.07) is 8.87. The number of fused-ring (bicyclic) bond motifs is 2. The number of hydrogen-bond acceptors (Lipinski definition) is 8. The minimum atomic E-state index is -0.447. The molecule has 12 nitrogen and oxygen atoms in total. The molecule has 0 N–H and O–H groups in total. The molecular formula is C46H64Br2N6O6. The summed E-state index contributed by atoms with van der Waals surface area (Å²) in [5, 5.41) is 12.0. The first kappa shape index (κ1) is 44.5. The zero-order valence-corrected chi connectivity index (χ0v) is 40.3. The van der Waals surface area contributed by atoms with Crippen molar-refractivity contribution in [3.05, 3.63) is 45.6 Å². The molecule has 2 spiro atoms. The third kappa shape index (κ3) is 9.74. The van der Waals surface area contributed by atoms with Crippen LogP contribution in [0.1, 0.15) is 119 Å². The lowest BCUT2D eigenvalue weighted by Crippen LogP contribution is -2.39. The molecule has 2 saturated carbocycles. The number of amides is 2. The first-order valence-electron chi connectivity index (χ1n) is 21.6. The first-order valence-corrected chi connectivity index (χ1v) is 23.2. The average molecular weight is 957 g/mol. The van der Waals surface area contributed by atoms with Gasteiger partial charge in [0.05, 0.1) is 46.3 Å². The highest BCUT2D eigenvalue weighted by molar-refractivity contribution is 9.11. The van der Waals surface area contributed by atoms with E-state index in [4.69, 9.17) is 29.1 Å². The van der Waals surface area contributed by atoms with Crippen molar-refractivity contribution in [1.29, 1.82) is 0 Å². The van der Waals surface area contributed by atoms with Crippen LogP contribution in [0.15, 0.2) is 45.6 Å². The van der Waals surface area contributed by atoms with E-state index in [-0.39, 0.29) is 23.0 Å². The molecule has 6 atom stereocenters. The van der Waals surface area contributed by atoms with E-state index in [1.807, 2.05) is 63.5 Å². The second-order valence-electron chi connectivity index (χ2n) is 20.2. The number of likely N-dealkylation sites (tertiary alicyclic amines) is 2. The van der Waals surface area contributed by atoms with Gasteiger partial charge in [-0.25, -0.2) is 9.59 Å². The largest absolute Gasteiger partial charge is 0.495 e. The Hall–Kier alpha value is -3.52. The standard InChI is InChI=1S/2C23H32BrN3O3/c2*1-15-12-23(8-9-26(14-23)21(28)30-22(2,3)4)7-6-19(15)27-13-16-10-17(24)20(29-5)11-18(16)25-27/h2*10-11,13,15,19H,6-9,12,14H2,1-5H3/t15-,19-,23+;15-,19-,23-/m10/s1. The van der Waals surface area contributed by atoms with Crippen LogP contribution in [-0.4, -0.2) is 93.1 Å². The molecular weight excluding hydrogens is 892 g/mol. The van der Waals surface area contributed by atoms with Gasteiger partial charge in [0.15, 0.2) is 0 Å². The van der Waals surface area contributed by atoms with Crippen LogP contribution in [0.4, 0.5) is 9.59 Å². The molecule has 8 rings (SSSR count). The number of carbonyl (C=O) groups is 2. The highest BCUT2D eigenvalue weighted by atomic mass is 79.9. The summed E-state index contributed by atoms with van der Waals surface area (Å²) in [6.07, 6.45) is 12.7. The van der Waals surface area contributed by atoms with Crippen LogP contribution < -0.4 is 9.47 Å². The van der Waals surface area contributed by atoms with Crippen LogP contribution in [0.2, 0.25) is 0 Å². The molecule has 4 aliphatic rings. The molecule has 60 heavy (non-hydrogen) atoms. The van der Waals surface area contributed by atoms with Gasteiger partial charge in [-0.05, 0) is 160 Å². The number of methoxy groups -OCH3 is 2. The Bertz CT molecular complexity index is 2060. The number of nitrogens with zero attached hydrogens (tertiary/aromatic N) is 6. The Morgan fingerprint density at radius 3 is 1.37 bits per heavy atom. The summed E-state index contributed by atoms with van der Waals surface area (Å²) >= 11 is 7.13. The van der Waals surface area contributed by atoms with Gasteiger partial charge in [-0.15, -0.1) is 0 Å². The van der Waals surface area contributed by atoms with Crippen LogP contribution >= 0.6 is 31.9 Å². The summed E-state index contributed by atoms with van der Waals surface area (Å²) in [5.74, 6) is 2.60. The fraction of sp³-hybridized carbons (Fsp3) is 0.652. The van der Waals surface area contributed by atoms with Crippen LogP contribution in [0.5, 0.6) is 11.5 Å². The topological polar surface area (TPSA) is 113 Å². The maximum atomic E-state index is 12.5. The van der Waals surface area contributed by atoms with E-state index in [9.17, 15) is 9.59 Å². The molecule has 4 aromatic rings. The van der Waals surface area contributed by atoms with E-state index in [2.05, 4.69) is 79.6 Å². The van der Waals surface area contributed by atoms with Crippen molar-refractivity contribution in [1.82, 2.24) is 29.4 Å². The average Bonchev–Trinajstić information content (AvgIpc) is 3.95. The van der Waals surface area contributed by atoms with Crippen LogP contribution in [0.25, 0.3) is 21.8 Å². The molecule has 2 saturated heterocycles. The number of aromatic nitrogens is 4. The molecule has 4 heterocycles. The first-order chi connectivity index (χ1) is 28.2. The van der Waals surface area contributed by atoms with Crippen molar-refractivity contribution in [3.8, 4) is 11.5 Å². The Kier molecular flexibility index (Phi) is 12.6. The van der Waals surface area contributed by atoms with Crippen molar-refractivity contribution >= 4 is 65.9 Å². The van der Waals surface area contributed by atoms with Gasteiger partial charge >= 0.3 is 12.2 Å². The van der Waals surface area contributed by atoms with Gasteiger partial charge in [0.2, 0.25) is 0 Å². The van der Waals surface area contributed by atoms with E-state index in [1.54, 1.807) is 14.2 Å². The second kappa shape index (κ2) is 17.0. The number of halogens is 2. The number of hydrogen-bond donors (Lipinski definition) is 0. The number of benzene rings is 2. The van der Waals surface area contributed by atoms with E-state index >= 15 is 0 Å². The minimum Gasteiger partial charge on any atom is -0.495 e. The van der Waals surface area contributed by atoms with Gasteiger partial charge in [0.25, 0.3) is 0 Å².